The van der Waals surface area contributed by atoms with Gasteiger partial charge in [-0.25, -0.2) is 14.4 Å². The summed E-state index contributed by atoms with van der Waals surface area (Å²) in [4.78, 5) is 36.6. The fourth-order valence-electron chi connectivity index (χ4n) is 4.80. The van der Waals surface area contributed by atoms with Crippen LogP contribution in [0.5, 0.6) is 5.75 Å². The van der Waals surface area contributed by atoms with Crippen molar-refractivity contribution in [2.45, 2.75) is 32.5 Å². The molecule has 2 aromatic carbocycles. The third-order valence-corrected chi connectivity index (χ3v) is 6.61. The highest BCUT2D eigenvalue weighted by atomic mass is 19.1. The van der Waals surface area contributed by atoms with Crippen molar-refractivity contribution < 1.29 is 23.8 Å². The van der Waals surface area contributed by atoms with Crippen molar-refractivity contribution >= 4 is 34.3 Å². The maximum atomic E-state index is 14.1. The van der Waals surface area contributed by atoms with Gasteiger partial charge in [-0.05, 0) is 35.6 Å². The summed E-state index contributed by atoms with van der Waals surface area (Å²) in [5.74, 6) is 0.425. The summed E-state index contributed by atoms with van der Waals surface area (Å²) in [6, 6.07) is 12.9. The topological polar surface area (TPSA) is 95.3 Å². The number of carboxylic acid groups (broad SMARTS) is 1. The number of fused-ring (bicyclic) bond motifs is 3. The molecule has 1 unspecified atom stereocenters. The average molecular weight is 503 g/mol. The molecule has 1 aromatic heterocycles. The molecule has 2 aliphatic heterocycles. The van der Waals surface area contributed by atoms with E-state index in [9.17, 15) is 19.1 Å². The van der Waals surface area contributed by atoms with Gasteiger partial charge in [-0.3, -0.25) is 9.59 Å². The maximum absolute atomic E-state index is 14.1. The number of nitrogens with zero attached hydrogens (tertiary/aromatic N) is 4. The largest absolute Gasteiger partial charge is 0.493 e. The maximum Gasteiger partial charge on any atom is 0.307 e. The molecule has 0 saturated carbocycles. The van der Waals surface area contributed by atoms with Gasteiger partial charge >= 0.3 is 5.97 Å². The fourth-order valence-corrected chi connectivity index (χ4v) is 4.80. The Bertz CT molecular complexity index is 1450. The van der Waals surface area contributed by atoms with Gasteiger partial charge in [0.1, 0.15) is 11.6 Å². The highest BCUT2D eigenvalue weighted by Crippen LogP contribution is 2.32. The Morgan fingerprint density at radius 3 is 2.76 bits per heavy atom. The van der Waals surface area contributed by atoms with E-state index in [1.165, 1.54) is 4.90 Å². The molecule has 1 N–H and O–H groups in total. The zero-order valence-corrected chi connectivity index (χ0v) is 20.6. The number of hydrogen-bond acceptors (Lipinski definition) is 6. The van der Waals surface area contributed by atoms with Gasteiger partial charge in [0.2, 0.25) is 0 Å². The molecule has 0 saturated heterocycles. The molecule has 3 heterocycles. The van der Waals surface area contributed by atoms with Crippen LogP contribution in [0.3, 0.4) is 0 Å². The zero-order valence-electron chi connectivity index (χ0n) is 20.6. The third-order valence-electron chi connectivity index (χ3n) is 6.61. The molecular weight excluding hydrogens is 475 g/mol. The van der Waals surface area contributed by atoms with Crippen LogP contribution in [-0.2, 0) is 17.6 Å². The van der Waals surface area contributed by atoms with Crippen LogP contribution in [-0.4, -0.2) is 59.2 Å². The predicted molar refractivity (Wildman–Crippen MR) is 139 cm³/mol. The molecule has 1 amide bonds. The second kappa shape index (κ2) is 10.0. The summed E-state index contributed by atoms with van der Waals surface area (Å²) in [5, 5.41) is 10.9. The number of aliphatic imine (C=N–C) groups is 1. The first-order valence-corrected chi connectivity index (χ1v) is 12.2. The molecule has 0 aliphatic carbocycles. The van der Waals surface area contributed by atoms with Crippen molar-refractivity contribution in [3.05, 3.63) is 77.1 Å². The molecular formula is C28H27FN4O4. The summed E-state index contributed by atoms with van der Waals surface area (Å²) < 4.78 is 20.2. The number of hydrogen-bond donors (Lipinski definition) is 1. The molecule has 5 rings (SSSR count). The van der Waals surface area contributed by atoms with Crippen LogP contribution >= 0.6 is 0 Å². The van der Waals surface area contributed by atoms with E-state index in [4.69, 9.17) is 4.74 Å². The first-order chi connectivity index (χ1) is 17.9. The van der Waals surface area contributed by atoms with Gasteiger partial charge in [0.05, 0.1) is 24.3 Å². The summed E-state index contributed by atoms with van der Waals surface area (Å²) >= 11 is 0. The standard InChI is InChI=1S/C28H27FN4O4/c1-3-33-26-21(28(36)32(2)22-9-11-24(29)31-27(22)33)14-17(16-30-26)12-13-37-23-10-8-18(15-25(34)35)19-6-4-5-7-20(19)23/h4-10,14,16,24H,3,11-13,15H2,1-2H3,(H,34,35). The number of likely N-dealkylation sites (N-methyl/N-ethyl adjacent to an activating group) is 2. The number of carboxylic acids is 1. The quantitative estimate of drug-likeness (QED) is 0.482. The number of pyridine rings is 1. The lowest BCUT2D eigenvalue weighted by Crippen LogP contribution is -2.38. The Balaban J connectivity index is 1.38. The number of dihydropyridines is 1. The number of rotatable bonds is 7. The molecule has 0 bridgehead atoms. The Kier molecular flexibility index (Phi) is 6.60. The van der Waals surface area contributed by atoms with Crippen LogP contribution in [0.15, 0.2) is 65.4 Å². The van der Waals surface area contributed by atoms with Crippen LogP contribution < -0.4 is 9.64 Å². The summed E-state index contributed by atoms with van der Waals surface area (Å²) in [5.41, 5.74) is 2.57. The molecule has 0 radical (unpaired) electrons. The number of anilines is 1. The monoisotopic (exact) mass is 502 g/mol. The number of benzene rings is 2. The van der Waals surface area contributed by atoms with E-state index in [0.29, 0.717) is 48.2 Å². The molecule has 8 nitrogen and oxygen atoms in total. The van der Waals surface area contributed by atoms with Gasteiger partial charge in [-0.1, -0.05) is 36.4 Å². The van der Waals surface area contributed by atoms with Crippen molar-refractivity contribution in [1.82, 2.24) is 9.88 Å². The number of alkyl halides is 1. The number of carbonyl (C=O) groups is 2. The normalized spacial score (nSPS) is 17.1. The molecule has 190 valence electrons. The van der Waals surface area contributed by atoms with E-state index in [1.54, 1.807) is 36.4 Å². The van der Waals surface area contributed by atoms with Crippen molar-refractivity contribution in [1.29, 1.82) is 0 Å². The second-order valence-electron chi connectivity index (χ2n) is 8.97. The predicted octanol–water partition coefficient (Wildman–Crippen LogP) is 4.38. The number of halogens is 1. The van der Waals surface area contributed by atoms with Crippen molar-refractivity contribution in [3.63, 3.8) is 0 Å². The fraction of sp³-hybridized carbons (Fsp3) is 0.286. The number of amidine groups is 1. The Hall–Kier alpha value is -4.27. The molecule has 0 fully saturated rings. The lowest BCUT2D eigenvalue weighted by molar-refractivity contribution is -0.136. The van der Waals surface area contributed by atoms with E-state index in [1.807, 2.05) is 37.3 Å². The minimum atomic E-state index is -1.34. The number of carbonyl (C=O) groups excluding carboxylic acids is 1. The van der Waals surface area contributed by atoms with E-state index in [-0.39, 0.29) is 18.7 Å². The lowest BCUT2D eigenvalue weighted by atomic mass is 10.0. The van der Waals surface area contributed by atoms with E-state index in [2.05, 4.69) is 9.98 Å². The summed E-state index contributed by atoms with van der Waals surface area (Å²) in [6.45, 7) is 2.74. The average Bonchev–Trinajstić information content (AvgIpc) is 2.97. The summed E-state index contributed by atoms with van der Waals surface area (Å²) in [6.07, 6.45) is 2.64. The molecule has 37 heavy (non-hydrogen) atoms. The van der Waals surface area contributed by atoms with E-state index in [0.717, 1.165) is 21.9 Å². The number of aromatic nitrogens is 1. The van der Waals surface area contributed by atoms with Gasteiger partial charge < -0.3 is 19.6 Å². The van der Waals surface area contributed by atoms with Crippen molar-refractivity contribution in [2.24, 2.45) is 4.99 Å². The first kappa shape index (κ1) is 24.4. The van der Waals surface area contributed by atoms with Crippen molar-refractivity contribution in [3.8, 4) is 5.75 Å². The molecule has 3 aromatic rings. The Morgan fingerprint density at radius 2 is 2.00 bits per heavy atom. The van der Waals surface area contributed by atoms with Crippen LogP contribution in [0.4, 0.5) is 10.2 Å². The Morgan fingerprint density at radius 1 is 1.22 bits per heavy atom. The minimum Gasteiger partial charge on any atom is -0.493 e. The van der Waals surface area contributed by atoms with E-state index >= 15 is 0 Å². The SMILES string of the molecule is CCN1C2=NC(F)CC=C2N(C)C(=O)c2cc(CCOc3ccc(CC(=O)O)c4ccccc34)cnc21. The van der Waals surface area contributed by atoms with E-state index < -0.39 is 12.3 Å². The number of aliphatic carboxylic acids is 1. The van der Waals surface area contributed by atoms with Gasteiger partial charge in [0.15, 0.2) is 12.1 Å². The second-order valence-corrected chi connectivity index (χ2v) is 8.97. The van der Waals surface area contributed by atoms with Crippen molar-refractivity contribution in [2.75, 3.05) is 25.1 Å². The molecule has 2 aliphatic rings. The van der Waals surface area contributed by atoms with Gasteiger partial charge in [-0.2, -0.15) is 0 Å². The van der Waals surface area contributed by atoms with Gasteiger partial charge in [0, 0.05) is 38.0 Å². The highest BCUT2D eigenvalue weighted by Gasteiger charge is 2.35. The zero-order chi connectivity index (χ0) is 26.1. The third kappa shape index (κ3) is 4.64. The highest BCUT2D eigenvalue weighted by molar-refractivity contribution is 6.17. The molecule has 1 atom stereocenters. The molecule has 9 heteroatoms. The van der Waals surface area contributed by atoms with Crippen LogP contribution in [0.1, 0.15) is 34.8 Å². The number of ether oxygens (including phenoxy) is 1. The molecule has 0 spiro atoms. The Labute approximate surface area is 213 Å². The van der Waals surface area contributed by atoms with Gasteiger partial charge in [0.25, 0.3) is 5.91 Å². The van der Waals surface area contributed by atoms with Crippen LogP contribution in [0.25, 0.3) is 10.8 Å². The van der Waals surface area contributed by atoms with Crippen LogP contribution in [0, 0.1) is 0 Å². The smallest absolute Gasteiger partial charge is 0.307 e. The lowest BCUT2D eigenvalue weighted by Gasteiger charge is -2.28. The van der Waals surface area contributed by atoms with Crippen LogP contribution in [0.2, 0.25) is 0 Å². The first-order valence-electron chi connectivity index (χ1n) is 12.2. The minimum absolute atomic E-state index is 0.0614. The summed E-state index contributed by atoms with van der Waals surface area (Å²) in [7, 11) is 1.67. The van der Waals surface area contributed by atoms with Gasteiger partial charge in [-0.15, -0.1) is 0 Å². The number of amides is 1.